The molecule has 0 aliphatic rings. The SMILES string of the molecule is NC(=O)[C@H](Cc1cccc(C(F)(F)F)c1)NC(=O)c1ccnc2ccccc12. The molecule has 5 nitrogen and oxygen atoms in total. The van der Waals surface area contributed by atoms with Gasteiger partial charge in [-0.25, -0.2) is 0 Å². The Morgan fingerprint density at radius 3 is 2.54 bits per heavy atom. The molecule has 3 rings (SSSR count). The number of hydrogen-bond donors (Lipinski definition) is 2. The van der Waals surface area contributed by atoms with Crippen LogP contribution < -0.4 is 11.1 Å². The van der Waals surface area contributed by atoms with Crippen LogP contribution in [0.1, 0.15) is 21.5 Å². The normalized spacial score (nSPS) is 12.5. The summed E-state index contributed by atoms with van der Waals surface area (Å²) in [6.45, 7) is 0. The highest BCUT2D eigenvalue weighted by molar-refractivity contribution is 6.07. The van der Waals surface area contributed by atoms with E-state index in [0.717, 1.165) is 12.1 Å². The number of aromatic nitrogens is 1. The topological polar surface area (TPSA) is 85.1 Å². The molecule has 144 valence electrons. The first-order chi connectivity index (χ1) is 13.3. The zero-order valence-electron chi connectivity index (χ0n) is 14.5. The van der Waals surface area contributed by atoms with Gasteiger partial charge in [0.1, 0.15) is 6.04 Å². The molecule has 0 saturated carbocycles. The number of pyridine rings is 1. The van der Waals surface area contributed by atoms with Crippen LogP contribution in [0.4, 0.5) is 13.2 Å². The van der Waals surface area contributed by atoms with Crippen LogP contribution in [0.15, 0.2) is 60.8 Å². The van der Waals surface area contributed by atoms with E-state index in [1.54, 1.807) is 24.3 Å². The molecule has 1 atom stereocenters. The van der Waals surface area contributed by atoms with Crippen LogP contribution in [0, 0.1) is 0 Å². The van der Waals surface area contributed by atoms with Gasteiger partial charge in [-0.2, -0.15) is 13.2 Å². The third kappa shape index (κ3) is 4.28. The quantitative estimate of drug-likeness (QED) is 0.706. The van der Waals surface area contributed by atoms with Gasteiger partial charge in [0.25, 0.3) is 5.91 Å². The third-order valence-corrected chi connectivity index (χ3v) is 4.24. The monoisotopic (exact) mass is 387 g/mol. The number of carbonyl (C=O) groups excluding carboxylic acids is 2. The van der Waals surface area contributed by atoms with E-state index in [1.807, 2.05) is 0 Å². The lowest BCUT2D eigenvalue weighted by Gasteiger charge is -2.17. The van der Waals surface area contributed by atoms with Gasteiger partial charge in [0.05, 0.1) is 16.6 Å². The van der Waals surface area contributed by atoms with Gasteiger partial charge in [-0.3, -0.25) is 14.6 Å². The fourth-order valence-corrected chi connectivity index (χ4v) is 2.86. The number of halogens is 3. The highest BCUT2D eigenvalue weighted by Crippen LogP contribution is 2.29. The van der Waals surface area contributed by atoms with Gasteiger partial charge in [-0.05, 0) is 23.8 Å². The van der Waals surface area contributed by atoms with Gasteiger partial charge in [0.15, 0.2) is 0 Å². The maximum absolute atomic E-state index is 12.9. The van der Waals surface area contributed by atoms with Gasteiger partial charge in [0.2, 0.25) is 5.91 Å². The molecule has 0 radical (unpaired) electrons. The average molecular weight is 387 g/mol. The molecule has 2 aromatic carbocycles. The van der Waals surface area contributed by atoms with Gasteiger partial charge < -0.3 is 11.1 Å². The van der Waals surface area contributed by atoms with Gasteiger partial charge in [-0.1, -0.05) is 36.4 Å². The summed E-state index contributed by atoms with van der Waals surface area (Å²) >= 11 is 0. The maximum atomic E-state index is 12.9. The van der Waals surface area contributed by atoms with E-state index in [4.69, 9.17) is 5.73 Å². The summed E-state index contributed by atoms with van der Waals surface area (Å²) in [7, 11) is 0. The summed E-state index contributed by atoms with van der Waals surface area (Å²) in [6.07, 6.45) is -3.20. The number of fused-ring (bicyclic) bond motifs is 1. The summed E-state index contributed by atoms with van der Waals surface area (Å²) in [6, 6.07) is 11.9. The summed E-state index contributed by atoms with van der Waals surface area (Å²) in [4.78, 5) is 28.6. The number of primary amides is 1. The Morgan fingerprint density at radius 2 is 1.82 bits per heavy atom. The molecule has 0 aliphatic carbocycles. The molecular weight excluding hydrogens is 371 g/mol. The molecule has 2 amide bonds. The van der Waals surface area contributed by atoms with E-state index in [1.165, 1.54) is 24.4 Å². The predicted octanol–water partition coefficient (Wildman–Crippen LogP) is 3.08. The Balaban J connectivity index is 1.84. The average Bonchev–Trinajstić information content (AvgIpc) is 2.66. The Kier molecular flexibility index (Phi) is 5.30. The summed E-state index contributed by atoms with van der Waals surface area (Å²) in [5.74, 6) is -1.40. The number of hydrogen-bond acceptors (Lipinski definition) is 3. The lowest BCUT2D eigenvalue weighted by molar-refractivity contribution is -0.137. The molecule has 0 spiro atoms. The smallest absolute Gasteiger partial charge is 0.368 e. The van der Waals surface area contributed by atoms with E-state index in [9.17, 15) is 22.8 Å². The minimum Gasteiger partial charge on any atom is -0.368 e. The van der Waals surface area contributed by atoms with Crippen molar-refractivity contribution < 1.29 is 22.8 Å². The van der Waals surface area contributed by atoms with Gasteiger partial charge >= 0.3 is 6.18 Å². The second-order valence-corrected chi connectivity index (χ2v) is 6.21. The number of nitrogens with zero attached hydrogens (tertiary/aromatic N) is 1. The molecular formula is C20H16F3N3O2. The second kappa shape index (κ2) is 7.67. The highest BCUT2D eigenvalue weighted by atomic mass is 19.4. The van der Waals surface area contributed by atoms with E-state index in [-0.39, 0.29) is 12.0 Å². The fraction of sp³-hybridized carbons (Fsp3) is 0.150. The van der Waals surface area contributed by atoms with Crippen LogP contribution in [-0.2, 0) is 17.4 Å². The number of nitrogens with one attached hydrogen (secondary N) is 1. The molecule has 8 heteroatoms. The minimum atomic E-state index is -4.50. The zero-order valence-corrected chi connectivity index (χ0v) is 14.5. The number of benzene rings is 2. The van der Waals surface area contributed by atoms with Crippen LogP contribution in [0.25, 0.3) is 10.9 Å². The predicted molar refractivity (Wildman–Crippen MR) is 97.3 cm³/mol. The highest BCUT2D eigenvalue weighted by Gasteiger charge is 2.31. The van der Waals surface area contributed by atoms with Crippen LogP contribution in [-0.4, -0.2) is 22.8 Å². The Morgan fingerprint density at radius 1 is 1.07 bits per heavy atom. The van der Waals surface area contributed by atoms with Crippen molar-refractivity contribution in [1.29, 1.82) is 0 Å². The van der Waals surface area contributed by atoms with Crippen molar-refractivity contribution in [2.24, 2.45) is 5.73 Å². The van der Waals surface area contributed by atoms with Crippen LogP contribution in [0.2, 0.25) is 0 Å². The van der Waals surface area contributed by atoms with Gasteiger partial charge in [-0.15, -0.1) is 0 Å². The first-order valence-corrected chi connectivity index (χ1v) is 8.36. The van der Waals surface area contributed by atoms with E-state index >= 15 is 0 Å². The molecule has 3 N–H and O–H groups in total. The van der Waals surface area contributed by atoms with Crippen molar-refractivity contribution >= 4 is 22.7 Å². The molecule has 28 heavy (non-hydrogen) atoms. The maximum Gasteiger partial charge on any atom is 0.416 e. The van der Waals surface area contributed by atoms with E-state index in [2.05, 4.69) is 10.3 Å². The lowest BCUT2D eigenvalue weighted by atomic mass is 10.0. The summed E-state index contributed by atoms with van der Waals surface area (Å²) in [5.41, 5.74) is 5.65. The molecule has 0 aliphatic heterocycles. The minimum absolute atomic E-state index is 0.159. The van der Waals surface area contributed by atoms with Crippen molar-refractivity contribution in [1.82, 2.24) is 10.3 Å². The molecule has 1 aromatic heterocycles. The number of amides is 2. The van der Waals surface area contributed by atoms with Crippen LogP contribution >= 0.6 is 0 Å². The largest absolute Gasteiger partial charge is 0.416 e. The third-order valence-electron chi connectivity index (χ3n) is 4.24. The summed E-state index contributed by atoms with van der Waals surface area (Å²) in [5, 5.41) is 3.10. The summed E-state index contributed by atoms with van der Waals surface area (Å²) < 4.78 is 38.6. The first kappa shape index (κ1) is 19.3. The standard InChI is InChI=1S/C20H16F3N3O2/c21-20(22,23)13-5-3-4-12(10-13)11-17(18(24)27)26-19(28)15-8-9-25-16-7-2-1-6-14(15)16/h1-10,17H,11H2,(H2,24,27)(H,26,28)/t17-/m0/s1. The van der Waals surface area contributed by atoms with Crippen LogP contribution in [0.3, 0.4) is 0 Å². The van der Waals surface area contributed by atoms with Crippen molar-refractivity contribution in [2.45, 2.75) is 18.6 Å². The molecule has 0 bridgehead atoms. The molecule has 0 unspecified atom stereocenters. The fourth-order valence-electron chi connectivity index (χ4n) is 2.86. The Bertz CT molecular complexity index is 1030. The van der Waals surface area contributed by atoms with Crippen LogP contribution in [0.5, 0.6) is 0 Å². The number of alkyl halides is 3. The Hall–Kier alpha value is -3.42. The number of nitrogens with two attached hydrogens (primary N) is 1. The van der Waals surface area contributed by atoms with Gasteiger partial charge in [0, 0.05) is 18.0 Å². The van der Waals surface area contributed by atoms with E-state index in [0.29, 0.717) is 16.5 Å². The molecule has 3 aromatic rings. The number of carbonyl (C=O) groups is 2. The van der Waals surface area contributed by atoms with Crippen molar-refractivity contribution in [3.63, 3.8) is 0 Å². The second-order valence-electron chi connectivity index (χ2n) is 6.21. The van der Waals surface area contributed by atoms with Crippen molar-refractivity contribution in [2.75, 3.05) is 0 Å². The first-order valence-electron chi connectivity index (χ1n) is 8.36. The van der Waals surface area contributed by atoms with E-state index < -0.39 is 29.6 Å². The molecule has 0 saturated heterocycles. The zero-order chi connectivity index (χ0) is 20.3. The molecule has 1 heterocycles. The number of para-hydroxylation sites is 1. The Labute approximate surface area is 158 Å². The van der Waals surface area contributed by atoms with Crippen molar-refractivity contribution in [3.05, 3.63) is 77.5 Å². The lowest BCUT2D eigenvalue weighted by Crippen LogP contribution is -2.45. The van der Waals surface area contributed by atoms with Crippen molar-refractivity contribution in [3.8, 4) is 0 Å². The number of rotatable bonds is 5. The molecule has 0 fully saturated rings.